The van der Waals surface area contributed by atoms with E-state index in [0.29, 0.717) is 24.4 Å². The first kappa shape index (κ1) is 16.4. The number of nitrogens with one attached hydrogen (secondary N) is 1. The largest absolute Gasteiger partial charge is 0.310 e. The van der Waals surface area contributed by atoms with Crippen LogP contribution in [0.1, 0.15) is 25.7 Å². The molecule has 0 radical (unpaired) electrons. The molecular formula is C20H22N6O. The van der Waals surface area contributed by atoms with Crippen molar-refractivity contribution in [2.75, 3.05) is 11.9 Å². The zero-order chi connectivity index (χ0) is 18.4. The molecule has 1 N–H and O–H groups in total. The van der Waals surface area contributed by atoms with Gasteiger partial charge in [-0.05, 0) is 37.8 Å². The lowest BCUT2D eigenvalue weighted by atomic mass is 10.0. The molecule has 138 valence electrons. The SMILES string of the molecule is Cn1cc(-c2ccc3cnc(NC(=O)CN4C5CCC4CC5)cc3n2)cn1. The normalized spacial score (nSPS) is 21.8. The van der Waals surface area contributed by atoms with Crippen LogP contribution in [-0.4, -0.2) is 49.2 Å². The minimum absolute atomic E-state index is 0.00376. The second-order valence-electron chi connectivity index (χ2n) is 7.54. The molecule has 3 aromatic rings. The number of rotatable bonds is 4. The number of nitrogens with zero attached hydrogens (tertiary/aromatic N) is 5. The Labute approximate surface area is 157 Å². The molecule has 0 saturated carbocycles. The molecule has 3 aromatic heterocycles. The van der Waals surface area contributed by atoms with Crippen LogP contribution in [0.25, 0.3) is 22.2 Å². The summed E-state index contributed by atoms with van der Waals surface area (Å²) in [4.78, 5) is 23.9. The average molecular weight is 362 g/mol. The third kappa shape index (κ3) is 3.08. The summed E-state index contributed by atoms with van der Waals surface area (Å²) in [5.74, 6) is 0.555. The van der Waals surface area contributed by atoms with E-state index in [9.17, 15) is 4.79 Å². The predicted molar refractivity (Wildman–Crippen MR) is 103 cm³/mol. The van der Waals surface area contributed by atoms with Crippen molar-refractivity contribution >= 4 is 22.6 Å². The summed E-state index contributed by atoms with van der Waals surface area (Å²) in [5, 5.41) is 8.09. The van der Waals surface area contributed by atoms with Crippen LogP contribution in [-0.2, 0) is 11.8 Å². The van der Waals surface area contributed by atoms with E-state index >= 15 is 0 Å². The van der Waals surface area contributed by atoms with Gasteiger partial charge in [-0.3, -0.25) is 14.4 Å². The van der Waals surface area contributed by atoms with Crippen molar-refractivity contribution in [1.29, 1.82) is 0 Å². The van der Waals surface area contributed by atoms with Gasteiger partial charge in [-0.25, -0.2) is 9.97 Å². The van der Waals surface area contributed by atoms with Gasteiger partial charge in [-0.15, -0.1) is 0 Å². The molecule has 0 atom stereocenters. The fourth-order valence-electron chi connectivity index (χ4n) is 4.42. The van der Waals surface area contributed by atoms with Crippen LogP contribution >= 0.6 is 0 Å². The summed E-state index contributed by atoms with van der Waals surface area (Å²) in [6.07, 6.45) is 10.4. The number of pyridine rings is 2. The van der Waals surface area contributed by atoms with Gasteiger partial charge >= 0.3 is 0 Å². The molecule has 0 aromatic carbocycles. The molecule has 0 spiro atoms. The average Bonchev–Trinajstić information content (AvgIpc) is 3.37. The maximum atomic E-state index is 12.5. The molecule has 5 rings (SSSR count). The number of carbonyl (C=O) groups is 1. The van der Waals surface area contributed by atoms with Gasteiger partial charge in [0, 0.05) is 48.5 Å². The van der Waals surface area contributed by atoms with Crippen LogP contribution < -0.4 is 5.32 Å². The lowest BCUT2D eigenvalue weighted by Gasteiger charge is -2.20. The van der Waals surface area contributed by atoms with Gasteiger partial charge in [0.25, 0.3) is 0 Å². The molecular weight excluding hydrogens is 340 g/mol. The molecule has 7 nitrogen and oxygen atoms in total. The van der Waals surface area contributed by atoms with Crippen molar-refractivity contribution in [1.82, 2.24) is 24.6 Å². The van der Waals surface area contributed by atoms with E-state index in [4.69, 9.17) is 4.98 Å². The number of aromatic nitrogens is 4. The maximum absolute atomic E-state index is 12.5. The molecule has 2 aliphatic heterocycles. The van der Waals surface area contributed by atoms with E-state index in [-0.39, 0.29) is 5.91 Å². The van der Waals surface area contributed by atoms with E-state index in [1.54, 1.807) is 17.1 Å². The Morgan fingerprint density at radius 1 is 1.19 bits per heavy atom. The fraction of sp³-hybridized carbons (Fsp3) is 0.400. The van der Waals surface area contributed by atoms with E-state index < -0.39 is 0 Å². The Balaban J connectivity index is 1.35. The second kappa shape index (κ2) is 6.42. The van der Waals surface area contributed by atoms with E-state index in [0.717, 1.165) is 22.2 Å². The predicted octanol–water partition coefficient (Wildman–Crippen LogP) is 2.60. The van der Waals surface area contributed by atoms with Gasteiger partial charge in [0.2, 0.25) is 5.91 Å². The second-order valence-corrected chi connectivity index (χ2v) is 7.54. The molecule has 2 fully saturated rings. The smallest absolute Gasteiger partial charge is 0.239 e. The van der Waals surface area contributed by atoms with E-state index in [1.807, 2.05) is 31.4 Å². The lowest BCUT2D eigenvalue weighted by Crippen LogP contribution is -2.36. The minimum atomic E-state index is 0.00376. The first-order chi connectivity index (χ1) is 13.2. The first-order valence-corrected chi connectivity index (χ1v) is 9.47. The highest BCUT2D eigenvalue weighted by Crippen LogP contribution is 2.36. The molecule has 5 heterocycles. The Morgan fingerprint density at radius 3 is 2.67 bits per heavy atom. The minimum Gasteiger partial charge on any atom is -0.310 e. The lowest BCUT2D eigenvalue weighted by molar-refractivity contribution is -0.117. The number of amides is 1. The van der Waals surface area contributed by atoms with Crippen molar-refractivity contribution in [3.05, 3.63) is 36.8 Å². The zero-order valence-corrected chi connectivity index (χ0v) is 15.3. The molecule has 1 amide bonds. The van der Waals surface area contributed by atoms with Gasteiger partial charge < -0.3 is 5.32 Å². The molecule has 0 unspecified atom stereocenters. The Morgan fingerprint density at radius 2 is 1.96 bits per heavy atom. The molecule has 2 bridgehead atoms. The third-order valence-corrected chi connectivity index (χ3v) is 5.77. The summed E-state index contributed by atoms with van der Waals surface area (Å²) in [6, 6.07) is 6.97. The van der Waals surface area contributed by atoms with Crippen LogP contribution in [0.5, 0.6) is 0 Å². The van der Waals surface area contributed by atoms with Gasteiger partial charge in [-0.2, -0.15) is 5.10 Å². The summed E-state index contributed by atoms with van der Waals surface area (Å²) >= 11 is 0. The summed E-state index contributed by atoms with van der Waals surface area (Å²) in [7, 11) is 1.88. The van der Waals surface area contributed by atoms with Crippen LogP contribution in [0.3, 0.4) is 0 Å². The first-order valence-electron chi connectivity index (χ1n) is 9.47. The third-order valence-electron chi connectivity index (χ3n) is 5.77. The van der Waals surface area contributed by atoms with Gasteiger partial charge in [0.15, 0.2) is 0 Å². The number of anilines is 1. The molecule has 2 saturated heterocycles. The van der Waals surface area contributed by atoms with E-state index in [2.05, 4.69) is 20.3 Å². The van der Waals surface area contributed by atoms with Crippen LogP contribution in [0.4, 0.5) is 5.82 Å². The van der Waals surface area contributed by atoms with Crippen molar-refractivity contribution < 1.29 is 4.79 Å². The van der Waals surface area contributed by atoms with Crippen LogP contribution in [0.2, 0.25) is 0 Å². The molecule has 27 heavy (non-hydrogen) atoms. The summed E-state index contributed by atoms with van der Waals surface area (Å²) in [5.41, 5.74) is 2.63. The topological polar surface area (TPSA) is 75.9 Å². The Bertz CT molecular complexity index is 993. The zero-order valence-electron chi connectivity index (χ0n) is 15.3. The number of carbonyl (C=O) groups excluding carboxylic acids is 1. The highest BCUT2D eigenvalue weighted by Gasteiger charge is 2.39. The number of hydrogen-bond donors (Lipinski definition) is 1. The molecule has 7 heteroatoms. The number of hydrogen-bond acceptors (Lipinski definition) is 5. The highest BCUT2D eigenvalue weighted by molar-refractivity contribution is 5.93. The maximum Gasteiger partial charge on any atom is 0.239 e. The highest BCUT2D eigenvalue weighted by atomic mass is 16.2. The number of fused-ring (bicyclic) bond motifs is 3. The van der Waals surface area contributed by atoms with Crippen LogP contribution in [0.15, 0.2) is 36.8 Å². The standard InChI is InChI=1S/C20H22N6O/c1-25-11-14(10-22-25)17-7-2-13-9-21-19(8-18(13)23-17)24-20(27)12-26-15-3-4-16(26)6-5-15/h2,7-11,15-16H,3-6,12H2,1H3,(H,21,24,27). The van der Waals surface area contributed by atoms with Crippen molar-refractivity contribution in [3.63, 3.8) is 0 Å². The molecule has 0 aliphatic carbocycles. The summed E-state index contributed by atoms with van der Waals surface area (Å²) < 4.78 is 1.75. The van der Waals surface area contributed by atoms with Crippen LogP contribution in [0, 0.1) is 0 Å². The Kier molecular flexibility index (Phi) is 3.89. The van der Waals surface area contributed by atoms with Gasteiger partial charge in [0.1, 0.15) is 5.82 Å². The van der Waals surface area contributed by atoms with Crippen molar-refractivity contribution in [3.8, 4) is 11.3 Å². The van der Waals surface area contributed by atoms with Gasteiger partial charge in [0.05, 0.1) is 24.0 Å². The number of aryl methyl sites for hydroxylation is 1. The Hall–Kier alpha value is -2.80. The van der Waals surface area contributed by atoms with E-state index in [1.165, 1.54) is 25.7 Å². The monoisotopic (exact) mass is 362 g/mol. The van der Waals surface area contributed by atoms with Gasteiger partial charge in [-0.1, -0.05) is 0 Å². The quantitative estimate of drug-likeness (QED) is 0.772. The van der Waals surface area contributed by atoms with Crippen molar-refractivity contribution in [2.45, 2.75) is 37.8 Å². The summed E-state index contributed by atoms with van der Waals surface area (Å²) in [6.45, 7) is 0.457. The molecule has 2 aliphatic rings. The fourth-order valence-corrected chi connectivity index (χ4v) is 4.42. The van der Waals surface area contributed by atoms with Crippen molar-refractivity contribution in [2.24, 2.45) is 7.05 Å².